The molecular weight excluding hydrogens is 130 g/mol. The van der Waals surface area contributed by atoms with E-state index >= 15 is 0 Å². The quantitative estimate of drug-likeness (QED) is 0.324. The highest BCUT2D eigenvalue weighted by Gasteiger charge is 1.84. The van der Waals surface area contributed by atoms with E-state index in [-0.39, 0.29) is 5.84 Å². The molecule has 0 aliphatic heterocycles. The van der Waals surface area contributed by atoms with E-state index in [0.717, 1.165) is 0 Å². The van der Waals surface area contributed by atoms with Gasteiger partial charge in [-0.25, -0.2) is 0 Å². The lowest BCUT2D eigenvalue weighted by molar-refractivity contribution is -0.108. The third-order valence-electron chi connectivity index (χ3n) is 0.754. The summed E-state index contributed by atoms with van der Waals surface area (Å²) in [6.45, 7) is 0. The predicted octanol–water partition coefficient (Wildman–Crippen LogP) is -0.215. The van der Waals surface area contributed by atoms with Crippen molar-refractivity contribution in [1.29, 1.82) is 5.41 Å². The first kappa shape index (κ1) is 8.68. The Morgan fingerprint density at radius 2 is 2.20 bits per heavy atom. The number of carbonyl (C=O) groups excluding carboxylic acids is 1. The number of rotatable bonds is 3. The van der Waals surface area contributed by atoms with Crippen molar-refractivity contribution in [3.63, 3.8) is 0 Å². The lowest BCUT2D eigenvalue weighted by Gasteiger charge is -2.02. The minimum absolute atomic E-state index is 0.0868. The second-order valence-corrected chi connectivity index (χ2v) is 1.96. The molecule has 0 unspecified atom stereocenters. The Morgan fingerprint density at radius 1 is 1.60 bits per heavy atom. The predicted molar refractivity (Wildman–Crippen MR) is 39.8 cm³/mol. The monoisotopic (exact) mass is 141 g/mol. The first-order valence-corrected chi connectivity index (χ1v) is 2.80. The lowest BCUT2D eigenvalue weighted by Crippen LogP contribution is -2.18. The molecule has 0 atom stereocenters. The average Bonchev–Trinajstić information content (AvgIpc) is 1.85. The zero-order valence-corrected chi connectivity index (χ0v) is 6.09. The van der Waals surface area contributed by atoms with Crippen LogP contribution in [0.3, 0.4) is 0 Å². The highest BCUT2D eigenvalue weighted by molar-refractivity contribution is 5.96. The molecule has 0 heterocycles. The maximum absolute atomic E-state index is 9.76. The van der Waals surface area contributed by atoms with E-state index in [0.29, 0.717) is 6.41 Å². The van der Waals surface area contributed by atoms with Crippen molar-refractivity contribution in [1.82, 2.24) is 10.2 Å². The van der Waals surface area contributed by atoms with Gasteiger partial charge in [-0.05, 0) is 6.08 Å². The van der Waals surface area contributed by atoms with Crippen molar-refractivity contribution in [2.75, 3.05) is 14.1 Å². The number of hydrogen-bond acceptors (Lipinski definition) is 3. The van der Waals surface area contributed by atoms with Crippen LogP contribution in [0.5, 0.6) is 0 Å². The first-order chi connectivity index (χ1) is 4.66. The number of nitrogens with zero attached hydrogens (tertiary/aromatic N) is 1. The van der Waals surface area contributed by atoms with Gasteiger partial charge in [0.15, 0.2) is 0 Å². The molecule has 0 spiro atoms. The maximum atomic E-state index is 9.76. The molecule has 4 heteroatoms. The van der Waals surface area contributed by atoms with Gasteiger partial charge in [0.2, 0.25) is 6.41 Å². The van der Waals surface area contributed by atoms with Gasteiger partial charge in [0, 0.05) is 20.3 Å². The van der Waals surface area contributed by atoms with E-state index in [9.17, 15) is 4.79 Å². The van der Waals surface area contributed by atoms with Crippen LogP contribution in [-0.2, 0) is 4.79 Å². The van der Waals surface area contributed by atoms with Gasteiger partial charge in [-0.3, -0.25) is 10.2 Å². The smallest absolute Gasteiger partial charge is 0.212 e. The molecule has 0 aromatic carbocycles. The lowest BCUT2D eigenvalue weighted by atomic mass is 10.5. The molecule has 0 fully saturated rings. The molecule has 1 amide bonds. The van der Waals surface area contributed by atoms with Crippen LogP contribution in [0.25, 0.3) is 0 Å². The van der Waals surface area contributed by atoms with Gasteiger partial charge >= 0.3 is 0 Å². The first-order valence-electron chi connectivity index (χ1n) is 2.80. The van der Waals surface area contributed by atoms with Crippen molar-refractivity contribution < 1.29 is 4.79 Å². The summed E-state index contributed by atoms with van der Waals surface area (Å²) in [5, 5.41) is 9.22. The Labute approximate surface area is 60.0 Å². The molecule has 0 aliphatic rings. The Bertz CT molecular complexity index is 151. The molecule has 0 saturated heterocycles. The highest BCUT2D eigenvalue weighted by Crippen LogP contribution is 1.76. The minimum Gasteiger partial charge on any atom is -0.383 e. The van der Waals surface area contributed by atoms with Crippen molar-refractivity contribution in [3.05, 3.63) is 12.3 Å². The van der Waals surface area contributed by atoms with Gasteiger partial charge in [-0.1, -0.05) is 0 Å². The summed E-state index contributed by atoms with van der Waals surface area (Å²) in [5.41, 5.74) is 0. The number of amidine groups is 1. The SMILES string of the molecule is CN(C)/C=C\C(=N)NC=O. The molecule has 0 aromatic rings. The molecule has 0 aromatic heterocycles. The summed E-state index contributed by atoms with van der Waals surface area (Å²) in [6.07, 6.45) is 3.65. The van der Waals surface area contributed by atoms with Crippen LogP contribution in [0.15, 0.2) is 12.3 Å². The van der Waals surface area contributed by atoms with Gasteiger partial charge < -0.3 is 10.2 Å². The van der Waals surface area contributed by atoms with Crippen molar-refractivity contribution in [2.45, 2.75) is 0 Å². The topological polar surface area (TPSA) is 56.2 Å². The van der Waals surface area contributed by atoms with E-state index in [1.165, 1.54) is 6.08 Å². The molecule has 2 N–H and O–H groups in total. The van der Waals surface area contributed by atoms with E-state index < -0.39 is 0 Å². The third kappa shape index (κ3) is 4.83. The normalized spacial score (nSPS) is 9.40. The van der Waals surface area contributed by atoms with Crippen LogP contribution in [0.1, 0.15) is 0 Å². The molecule has 0 rings (SSSR count). The fraction of sp³-hybridized carbons (Fsp3) is 0.333. The van der Waals surface area contributed by atoms with E-state index in [1.807, 2.05) is 14.1 Å². The fourth-order valence-electron chi connectivity index (χ4n) is 0.335. The summed E-state index contributed by atoms with van der Waals surface area (Å²) in [7, 11) is 3.68. The van der Waals surface area contributed by atoms with Crippen LogP contribution in [0.4, 0.5) is 0 Å². The van der Waals surface area contributed by atoms with Gasteiger partial charge in [0.25, 0.3) is 0 Å². The average molecular weight is 141 g/mol. The summed E-state index contributed by atoms with van der Waals surface area (Å²) in [5.74, 6) is 0.0868. The molecule has 10 heavy (non-hydrogen) atoms. The largest absolute Gasteiger partial charge is 0.383 e. The molecule has 4 nitrogen and oxygen atoms in total. The molecule has 56 valence electrons. The summed E-state index contributed by atoms with van der Waals surface area (Å²) >= 11 is 0. The maximum Gasteiger partial charge on any atom is 0.212 e. The van der Waals surface area contributed by atoms with Crippen LogP contribution in [-0.4, -0.2) is 31.2 Å². The van der Waals surface area contributed by atoms with Crippen molar-refractivity contribution in [2.24, 2.45) is 0 Å². The minimum atomic E-state index is 0.0868. The van der Waals surface area contributed by atoms with Crippen LogP contribution >= 0.6 is 0 Å². The second kappa shape index (κ2) is 4.55. The van der Waals surface area contributed by atoms with Gasteiger partial charge in [-0.2, -0.15) is 0 Å². The summed E-state index contributed by atoms with van der Waals surface area (Å²) < 4.78 is 0. The molecule has 0 saturated carbocycles. The van der Waals surface area contributed by atoms with E-state index in [2.05, 4.69) is 5.32 Å². The Morgan fingerprint density at radius 3 is 2.60 bits per heavy atom. The van der Waals surface area contributed by atoms with E-state index in [4.69, 9.17) is 5.41 Å². The molecule has 0 aliphatic carbocycles. The van der Waals surface area contributed by atoms with Gasteiger partial charge in [-0.15, -0.1) is 0 Å². The van der Waals surface area contributed by atoms with Crippen LogP contribution in [0, 0.1) is 5.41 Å². The Kier molecular flexibility index (Phi) is 3.95. The van der Waals surface area contributed by atoms with Crippen LogP contribution in [0.2, 0.25) is 0 Å². The summed E-state index contributed by atoms with van der Waals surface area (Å²) in [6, 6.07) is 0. The van der Waals surface area contributed by atoms with E-state index in [1.54, 1.807) is 11.1 Å². The molecule has 0 bridgehead atoms. The number of carbonyl (C=O) groups is 1. The summed E-state index contributed by atoms with van der Waals surface area (Å²) in [4.78, 5) is 11.5. The number of nitrogens with one attached hydrogen (secondary N) is 2. The zero-order chi connectivity index (χ0) is 7.98. The zero-order valence-electron chi connectivity index (χ0n) is 6.09. The Balaban J connectivity index is 3.66. The fourth-order valence-corrected chi connectivity index (χ4v) is 0.335. The van der Waals surface area contributed by atoms with Gasteiger partial charge in [0.1, 0.15) is 5.84 Å². The molecule has 0 radical (unpaired) electrons. The molecular formula is C6H11N3O. The third-order valence-corrected chi connectivity index (χ3v) is 0.754. The van der Waals surface area contributed by atoms with Crippen LogP contribution < -0.4 is 5.32 Å². The van der Waals surface area contributed by atoms with Crippen molar-refractivity contribution in [3.8, 4) is 0 Å². The van der Waals surface area contributed by atoms with Gasteiger partial charge in [0.05, 0.1) is 0 Å². The number of amides is 1. The highest BCUT2D eigenvalue weighted by atomic mass is 16.1. The Hall–Kier alpha value is -1.32. The van der Waals surface area contributed by atoms with Crippen molar-refractivity contribution >= 4 is 12.2 Å². The number of hydrogen-bond donors (Lipinski definition) is 2. The second-order valence-electron chi connectivity index (χ2n) is 1.96. The standard InChI is InChI=1S/C6H11N3O/c1-9(2)4-3-6(7)8-5-10/h3-5H,1-2H3,(H2,7,8,10)/b4-3-.